The van der Waals surface area contributed by atoms with Crippen molar-refractivity contribution < 1.29 is 23.9 Å². The van der Waals surface area contributed by atoms with Gasteiger partial charge in [0.1, 0.15) is 11.5 Å². The van der Waals surface area contributed by atoms with Crippen LogP contribution in [0.4, 0.5) is 5.69 Å². The van der Waals surface area contributed by atoms with Crippen LogP contribution in [0.15, 0.2) is 72.8 Å². The Morgan fingerprint density at radius 2 is 1.57 bits per heavy atom. The van der Waals surface area contributed by atoms with Gasteiger partial charge in [0.15, 0.2) is 6.10 Å². The van der Waals surface area contributed by atoms with Gasteiger partial charge in [0, 0.05) is 24.7 Å². The van der Waals surface area contributed by atoms with E-state index in [4.69, 9.17) is 9.47 Å². The highest BCUT2D eigenvalue weighted by atomic mass is 16.5. The van der Waals surface area contributed by atoms with Gasteiger partial charge in [-0.25, -0.2) is 0 Å². The molecule has 0 spiro atoms. The number of rotatable bonds is 9. The number of carbonyl (C=O) groups excluding carboxylic acids is 3. The molecular weight excluding hydrogens is 444 g/mol. The predicted octanol–water partition coefficient (Wildman–Crippen LogP) is 5.07. The lowest BCUT2D eigenvalue weighted by Crippen LogP contribution is -2.31. The highest BCUT2D eigenvalue weighted by Gasteiger charge is 2.17. The van der Waals surface area contributed by atoms with Gasteiger partial charge in [0.05, 0.1) is 0 Å². The first kappa shape index (κ1) is 25.5. The molecule has 0 radical (unpaired) electrons. The Balaban J connectivity index is 1.60. The lowest BCUT2D eigenvalue weighted by Gasteiger charge is -2.17. The third-order valence-electron chi connectivity index (χ3n) is 5.30. The van der Waals surface area contributed by atoms with Crippen molar-refractivity contribution in [3.63, 3.8) is 0 Å². The summed E-state index contributed by atoms with van der Waals surface area (Å²) in [6, 6.07) is 21.3. The summed E-state index contributed by atoms with van der Waals surface area (Å²) in [6.45, 7) is 7.41. The fraction of sp³-hybridized carbons (Fsp3) is 0.250. The van der Waals surface area contributed by atoms with Gasteiger partial charge < -0.3 is 20.1 Å². The molecule has 1 atom stereocenters. The van der Waals surface area contributed by atoms with Crippen LogP contribution in [0.1, 0.15) is 55.1 Å². The molecule has 7 nitrogen and oxygen atoms in total. The molecule has 0 heterocycles. The van der Waals surface area contributed by atoms with Crippen molar-refractivity contribution in [1.29, 1.82) is 0 Å². The summed E-state index contributed by atoms with van der Waals surface area (Å²) in [5.41, 5.74) is 2.87. The van der Waals surface area contributed by atoms with Gasteiger partial charge in [0.2, 0.25) is 0 Å². The van der Waals surface area contributed by atoms with Gasteiger partial charge >= 0.3 is 5.97 Å². The molecular formula is C28H30N2O5. The number of carbonyl (C=O) groups is 3. The number of nitrogens with one attached hydrogen (secondary N) is 2. The van der Waals surface area contributed by atoms with E-state index in [1.165, 1.54) is 18.6 Å². The summed E-state index contributed by atoms with van der Waals surface area (Å²) < 4.78 is 10.8. The minimum Gasteiger partial charge on any atom is -0.481 e. The molecule has 182 valence electrons. The second-order valence-electron chi connectivity index (χ2n) is 8.43. The van der Waals surface area contributed by atoms with Crippen LogP contribution in [0.5, 0.6) is 11.5 Å². The standard InChI is InChI=1S/C28H30N2O5/c1-18(2)21-12-14-24(15-13-21)34-19(3)27(32)30-26-11-6-5-8-23(26)17-29-28(33)22-9-7-10-25(16-22)35-20(4)31/h5-16,18-19H,17H2,1-4H3,(H,29,33)(H,30,32). The normalized spacial score (nSPS) is 11.5. The van der Waals surface area contributed by atoms with Crippen LogP contribution in [0, 0.1) is 0 Å². The quantitative estimate of drug-likeness (QED) is 0.334. The van der Waals surface area contributed by atoms with Crippen molar-refractivity contribution in [2.24, 2.45) is 0 Å². The van der Waals surface area contributed by atoms with E-state index in [2.05, 4.69) is 24.5 Å². The molecule has 0 aliphatic carbocycles. The first-order valence-electron chi connectivity index (χ1n) is 11.4. The lowest BCUT2D eigenvalue weighted by molar-refractivity contribution is -0.131. The maximum absolute atomic E-state index is 12.8. The van der Waals surface area contributed by atoms with E-state index in [1.54, 1.807) is 37.3 Å². The Morgan fingerprint density at radius 1 is 0.857 bits per heavy atom. The van der Waals surface area contributed by atoms with Crippen molar-refractivity contribution in [2.75, 3.05) is 5.32 Å². The van der Waals surface area contributed by atoms with E-state index in [0.29, 0.717) is 28.7 Å². The van der Waals surface area contributed by atoms with Crippen LogP contribution < -0.4 is 20.1 Å². The Labute approximate surface area is 205 Å². The molecule has 2 amide bonds. The van der Waals surface area contributed by atoms with Crippen LogP contribution in [-0.4, -0.2) is 23.9 Å². The Kier molecular flexibility index (Phi) is 8.62. The molecule has 7 heteroatoms. The van der Waals surface area contributed by atoms with E-state index in [-0.39, 0.29) is 18.4 Å². The van der Waals surface area contributed by atoms with Crippen LogP contribution >= 0.6 is 0 Å². The summed E-state index contributed by atoms with van der Waals surface area (Å²) in [6.07, 6.45) is -0.716. The highest BCUT2D eigenvalue weighted by molar-refractivity contribution is 5.96. The van der Waals surface area contributed by atoms with Crippen LogP contribution in [0.3, 0.4) is 0 Å². The largest absolute Gasteiger partial charge is 0.481 e. The number of amides is 2. The van der Waals surface area contributed by atoms with E-state index in [9.17, 15) is 14.4 Å². The zero-order valence-electron chi connectivity index (χ0n) is 20.3. The molecule has 0 aromatic heterocycles. The molecule has 3 aromatic carbocycles. The topological polar surface area (TPSA) is 93.7 Å². The molecule has 0 aliphatic rings. The summed E-state index contributed by atoms with van der Waals surface area (Å²) in [5.74, 6) is 0.240. The SMILES string of the molecule is CC(=O)Oc1cccc(C(=O)NCc2ccccc2NC(=O)C(C)Oc2ccc(C(C)C)cc2)c1. The van der Waals surface area contributed by atoms with Crippen molar-refractivity contribution in [3.05, 3.63) is 89.5 Å². The molecule has 0 bridgehead atoms. The minimum atomic E-state index is -0.716. The zero-order valence-corrected chi connectivity index (χ0v) is 20.3. The lowest BCUT2D eigenvalue weighted by atomic mass is 10.0. The zero-order chi connectivity index (χ0) is 25.4. The smallest absolute Gasteiger partial charge is 0.308 e. The number of ether oxygens (including phenoxy) is 2. The van der Waals surface area contributed by atoms with Crippen molar-refractivity contribution >= 4 is 23.5 Å². The summed E-state index contributed by atoms with van der Waals surface area (Å²) in [5, 5.41) is 5.71. The molecule has 0 fully saturated rings. The highest BCUT2D eigenvalue weighted by Crippen LogP contribution is 2.21. The number of esters is 1. The Bertz CT molecular complexity index is 1190. The second kappa shape index (κ2) is 11.8. The Hall–Kier alpha value is -4.13. The first-order valence-corrected chi connectivity index (χ1v) is 11.4. The van der Waals surface area contributed by atoms with Gasteiger partial charge in [-0.1, -0.05) is 50.2 Å². The average Bonchev–Trinajstić information content (AvgIpc) is 2.83. The summed E-state index contributed by atoms with van der Waals surface area (Å²) in [4.78, 5) is 36.5. The van der Waals surface area contributed by atoms with Crippen LogP contribution in [0.2, 0.25) is 0 Å². The number of hydrogen-bond donors (Lipinski definition) is 2. The molecule has 0 saturated heterocycles. The van der Waals surface area contributed by atoms with Crippen molar-refractivity contribution in [2.45, 2.75) is 46.3 Å². The van der Waals surface area contributed by atoms with E-state index >= 15 is 0 Å². The van der Waals surface area contributed by atoms with E-state index in [1.807, 2.05) is 36.4 Å². The van der Waals surface area contributed by atoms with Crippen molar-refractivity contribution in [3.8, 4) is 11.5 Å². The summed E-state index contributed by atoms with van der Waals surface area (Å²) >= 11 is 0. The number of hydrogen-bond acceptors (Lipinski definition) is 5. The monoisotopic (exact) mass is 474 g/mol. The molecule has 3 rings (SSSR count). The van der Waals surface area contributed by atoms with Crippen molar-refractivity contribution in [1.82, 2.24) is 5.32 Å². The van der Waals surface area contributed by atoms with Crippen LogP contribution in [0.25, 0.3) is 0 Å². The molecule has 3 aromatic rings. The third kappa shape index (κ3) is 7.43. The van der Waals surface area contributed by atoms with Gasteiger partial charge in [-0.15, -0.1) is 0 Å². The fourth-order valence-corrected chi connectivity index (χ4v) is 3.36. The maximum Gasteiger partial charge on any atom is 0.308 e. The number of benzene rings is 3. The van der Waals surface area contributed by atoms with Gasteiger partial charge in [0.25, 0.3) is 11.8 Å². The van der Waals surface area contributed by atoms with E-state index < -0.39 is 12.1 Å². The van der Waals surface area contributed by atoms with Gasteiger partial charge in [-0.05, 0) is 60.4 Å². The molecule has 2 N–H and O–H groups in total. The number of anilines is 1. The molecule has 0 saturated carbocycles. The molecule has 1 unspecified atom stereocenters. The predicted molar refractivity (Wildman–Crippen MR) is 135 cm³/mol. The molecule has 35 heavy (non-hydrogen) atoms. The first-order chi connectivity index (χ1) is 16.7. The second-order valence-corrected chi connectivity index (χ2v) is 8.43. The third-order valence-corrected chi connectivity index (χ3v) is 5.30. The van der Waals surface area contributed by atoms with Gasteiger partial charge in [-0.3, -0.25) is 14.4 Å². The van der Waals surface area contributed by atoms with Gasteiger partial charge in [-0.2, -0.15) is 0 Å². The van der Waals surface area contributed by atoms with Crippen LogP contribution in [-0.2, 0) is 16.1 Å². The average molecular weight is 475 g/mol. The fourth-order valence-electron chi connectivity index (χ4n) is 3.36. The molecule has 0 aliphatic heterocycles. The minimum absolute atomic E-state index is 0.193. The Morgan fingerprint density at radius 3 is 2.26 bits per heavy atom. The summed E-state index contributed by atoms with van der Waals surface area (Å²) in [7, 11) is 0. The number of para-hydroxylation sites is 1. The maximum atomic E-state index is 12.8. The van der Waals surface area contributed by atoms with E-state index in [0.717, 1.165) is 5.56 Å².